The number of ketones is 1. The van der Waals surface area contributed by atoms with Gasteiger partial charge in [0, 0.05) is 11.1 Å². The summed E-state index contributed by atoms with van der Waals surface area (Å²) in [6.45, 7) is 1.55. The van der Waals surface area contributed by atoms with Gasteiger partial charge >= 0.3 is 0 Å². The molecule has 0 fully saturated rings. The second kappa shape index (κ2) is 4.74. The Kier molecular flexibility index (Phi) is 3.60. The Hall–Kier alpha value is -1.20. The number of Topliss-reactive ketones (excluding diaryl/α,β-unsaturated/α-hetero) is 1. The van der Waals surface area contributed by atoms with Crippen molar-refractivity contribution < 1.29 is 4.79 Å². The van der Waals surface area contributed by atoms with Crippen LogP contribution in [0.15, 0.2) is 24.3 Å². The normalized spacial score (nSPS) is 8.77. The minimum absolute atomic E-state index is 0.0775. The van der Waals surface area contributed by atoms with E-state index in [0.717, 1.165) is 11.1 Å². The van der Waals surface area contributed by atoms with Crippen molar-refractivity contribution in [3.63, 3.8) is 0 Å². The van der Waals surface area contributed by atoms with Gasteiger partial charge in [-0.15, -0.1) is 0 Å². The molecule has 0 heterocycles. The predicted octanol–water partition coefficient (Wildman–Crippen LogP) is 2.17. The molecule has 0 aliphatic rings. The number of hydrogen-bond acceptors (Lipinski definition) is 2. The summed E-state index contributed by atoms with van der Waals surface area (Å²) in [7, 11) is 0. The van der Waals surface area contributed by atoms with Gasteiger partial charge in [-0.3, -0.25) is 4.79 Å². The lowest BCUT2D eigenvalue weighted by Gasteiger charge is -1.94. The Labute approximate surface area is 83.6 Å². The highest BCUT2D eigenvalue weighted by molar-refractivity contribution is 7.80. The number of thiol groups is 1. The first-order chi connectivity index (χ1) is 6.24. The largest absolute Gasteiger partial charge is 0.295 e. The molecule has 0 unspecified atom stereocenters. The van der Waals surface area contributed by atoms with Crippen molar-refractivity contribution in [1.29, 1.82) is 0 Å². The first kappa shape index (κ1) is 9.88. The van der Waals surface area contributed by atoms with Gasteiger partial charge in [-0.25, -0.2) is 0 Å². The van der Waals surface area contributed by atoms with Crippen LogP contribution in [0.4, 0.5) is 0 Å². The van der Waals surface area contributed by atoms with E-state index in [1.807, 2.05) is 12.1 Å². The molecule has 0 atom stereocenters. The fraction of sp³-hybridized carbons (Fsp3) is 0.182. The predicted molar refractivity (Wildman–Crippen MR) is 57.2 cm³/mol. The van der Waals surface area contributed by atoms with E-state index in [2.05, 4.69) is 24.5 Å². The molecular formula is C11H10OS. The molecule has 0 saturated carbocycles. The minimum Gasteiger partial charge on any atom is -0.295 e. The van der Waals surface area contributed by atoms with Crippen molar-refractivity contribution in [2.45, 2.75) is 6.92 Å². The van der Waals surface area contributed by atoms with E-state index in [1.165, 1.54) is 0 Å². The topological polar surface area (TPSA) is 17.1 Å². The van der Waals surface area contributed by atoms with Gasteiger partial charge in [0.05, 0.1) is 5.75 Å². The van der Waals surface area contributed by atoms with Crippen molar-refractivity contribution in [3.8, 4) is 11.8 Å². The second-order valence-corrected chi connectivity index (χ2v) is 2.91. The van der Waals surface area contributed by atoms with Crippen molar-refractivity contribution in [3.05, 3.63) is 35.4 Å². The van der Waals surface area contributed by atoms with E-state index in [4.69, 9.17) is 0 Å². The summed E-state index contributed by atoms with van der Waals surface area (Å²) in [5.74, 6) is 6.39. The van der Waals surface area contributed by atoms with E-state index >= 15 is 0 Å². The van der Waals surface area contributed by atoms with Gasteiger partial charge < -0.3 is 0 Å². The van der Waals surface area contributed by atoms with E-state index < -0.39 is 0 Å². The van der Waals surface area contributed by atoms with Crippen LogP contribution in [0.3, 0.4) is 0 Å². The third kappa shape index (κ3) is 2.96. The zero-order chi connectivity index (χ0) is 9.68. The molecule has 0 radical (unpaired) electrons. The lowest BCUT2D eigenvalue weighted by atomic mass is 10.1. The highest BCUT2D eigenvalue weighted by atomic mass is 32.1. The molecule has 0 N–H and O–H groups in total. The average Bonchev–Trinajstić information content (AvgIpc) is 2.15. The summed E-state index contributed by atoms with van der Waals surface area (Å²) in [4.78, 5) is 10.9. The summed E-state index contributed by atoms with van der Waals surface area (Å²) in [6, 6.07) is 7.25. The molecule has 66 valence electrons. The zero-order valence-electron chi connectivity index (χ0n) is 7.37. The number of hydrogen-bond donors (Lipinski definition) is 1. The minimum atomic E-state index is 0.0775. The van der Waals surface area contributed by atoms with Crippen LogP contribution in [0.25, 0.3) is 0 Å². The van der Waals surface area contributed by atoms with E-state index in [1.54, 1.807) is 19.1 Å². The molecular weight excluding hydrogens is 180 g/mol. The van der Waals surface area contributed by atoms with Crippen LogP contribution >= 0.6 is 12.6 Å². The Morgan fingerprint density at radius 2 is 2.00 bits per heavy atom. The molecule has 2 heteroatoms. The number of carbonyl (C=O) groups is 1. The van der Waals surface area contributed by atoms with Crippen LogP contribution in [0.1, 0.15) is 22.8 Å². The van der Waals surface area contributed by atoms with Gasteiger partial charge in [-0.2, -0.15) is 12.6 Å². The maximum Gasteiger partial charge on any atom is 0.159 e. The van der Waals surface area contributed by atoms with Gasteiger partial charge in [-0.05, 0) is 19.1 Å². The van der Waals surface area contributed by atoms with Crippen LogP contribution in [0.2, 0.25) is 0 Å². The van der Waals surface area contributed by atoms with Crippen LogP contribution < -0.4 is 0 Å². The smallest absolute Gasteiger partial charge is 0.159 e. The first-order valence-corrected chi connectivity index (χ1v) is 4.58. The summed E-state index contributed by atoms with van der Waals surface area (Å²) in [6.07, 6.45) is 0. The standard InChI is InChI=1S/C11H10OS/c1-9(12)11-6-4-10(5-7-11)3-2-8-13/h4-7,13H,8H2,1H3. The monoisotopic (exact) mass is 190 g/mol. The van der Waals surface area contributed by atoms with Gasteiger partial charge in [0.15, 0.2) is 5.78 Å². The maximum atomic E-state index is 10.9. The quantitative estimate of drug-likeness (QED) is 0.408. The van der Waals surface area contributed by atoms with Gasteiger partial charge in [-0.1, -0.05) is 24.0 Å². The average molecular weight is 190 g/mol. The molecule has 1 aromatic rings. The molecule has 0 amide bonds. The lowest BCUT2D eigenvalue weighted by Crippen LogP contribution is -1.90. The zero-order valence-corrected chi connectivity index (χ0v) is 8.27. The Bertz CT molecular complexity index is 354. The van der Waals surface area contributed by atoms with Crippen molar-refractivity contribution in [2.75, 3.05) is 5.75 Å². The molecule has 13 heavy (non-hydrogen) atoms. The summed E-state index contributed by atoms with van der Waals surface area (Å²) in [5, 5.41) is 0. The third-order valence-electron chi connectivity index (χ3n) is 1.60. The van der Waals surface area contributed by atoms with Crippen LogP contribution in [-0.4, -0.2) is 11.5 Å². The molecule has 0 spiro atoms. The van der Waals surface area contributed by atoms with Gasteiger partial charge in [0.2, 0.25) is 0 Å². The maximum absolute atomic E-state index is 10.9. The van der Waals surface area contributed by atoms with Crippen molar-refractivity contribution in [1.82, 2.24) is 0 Å². The molecule has 0 saturated heterocycles. The fourth-order valence-corrected chi connectivity index (χ4v) is 1.01. The first-order valence-electron chi connectivity index (χ1n) is 3.95. The van der Waals surface area contributed by atoms with E-state index in [-0.39, 0.29) is 5.78 Å². The molecule has 0 aliphatic carbocycles. The Morgan fingerprint density at radius 1 is 1.38 bits per heavy atom. The number of carbonyl (C=O) groups excluding carboxylic acids is 1. The van der Waals surface area contributed by atoms with Gasteiger partial charge in [0.1, 0.15) is 0 Å². The fourth-order valence-electron chi connectivity index (χ4n) is 0.930. The number of benzene rings is 1. The highest BCUT2D eigenvalue weighted by Crippen LogP contribution is 2.03. The van der Waals surface area contributed by atoms with Crippen LogP contribution in [0, 0.1) is 11.8 Å². The summed E-state index contributed by atoms with van der Waals surface area (Å²) < 4.78 is 0. The second-order valence-electron chi connectivity index (χ2n) is 2.59. The van der Waals surface area contributed by atoms with E-state index in [9.17, 15) is 4.79 Å². The molecule has 0 aliphatic heterocycles. The van der Waals surface area contributed by atoms with Crippen molar-refractivity contribution >= 4 is 18.4 Å². The number of rotatable bonds is 1. The van der Waals surface area contributed by atoms with Crippen LogP contribution in [-0.2, 0) is 0 Å². The van der Waals surface area contributed by atoms with Crippen LogP contribution in [0.5, 0.6) is 0 Å². The molecule has 1 rings (SSSR count). The SMILES string of the molecule is CC(=O)c1ccc(C#CCS)cc1. The Morgan fingerprint density at radius 3 is 2.46 bits per heavy atom. The van der Waals surface area contributed by atoms with Crippen molar-refractivity contribution in [2.24, 2.45) is 0 Å². The van der Waals surface area contributed by atoms with E-state index in [0.29, 0.717) is 5.75 Å². The third-order valence-corrected chi connectivity index (χ3v) is 1.76. The Balaban J connectivity index is 2.87. The molecule has 1 nitrogen and oxygen atoms in total. The highest BCUT2D eigenvalue weighted by Gasteiger charge is 1.96. The molecule has 0 aromatic heterocycles. The lowest BCUT2D eigenvalue weighted by molar-refractivity contribution is 0.101. The summed E-state index contributed by atoms with van der Waals surface area (Å²) >= 11 is 3.98. The van der Waals surface area contributed by atoms with Gasteiger partial charge in [0.25, 0.3) is 0 Å². The molecule has 0 bridgehead atoms. The molecule has 1 aromatic carbocycles. The summed E-state index contributed by atoms with van der Waals surface area (Å²) in [5.41, 5.74) is 1.63.